The van der Waals surface area contributed by atoms with Gasteiger partial charge in [-0.25, -0.2) is 13.8 Å². The van der Waals surface area contributed by atoms with Gasteiger partial charge < -0.3 is 25.6 Å². The SMILES string of the molecule is C=CC(=O)Nc1cc(N(C)C2N=C(Nc3cccc(OC)c3)NC=C2C(F)(F)C/C=C/C)ccc1C. The molecule has 1 aliphatic heterocycles. The molecular formula is C27H31F2N5O2. The van der Waals surface area contributed by atoms with Gasteiger partial charge in [-0.15, -0.1) is 0 Å². The number of aliphatic imine (C=N–C) groups is 1. The quantitative estimate of drug-likeness (QED) is 0.319. The average Bonchev–Trinajstić information content (AvgIpc) is 2.88. The van der Waals surface area contributed by atoms with Crippen molar-refractivity contribution in [3.8, 4) is 5.75 Å². The second-order valence-electron chi connectivity index (χ2n) is 8.23. The Morgan fingerprint density at radius 2 is 2.08 bits per heavy atom. The van der Waals surface area contributed by atoms with Crippen LogP contribution in [0.2, 0.25) is 0 Å². The molecule has 0 saturated carbocycles. The number of carbonyl (C=O) groups is 1. The lowest BCUT2D eigenvalue weighted by atomic mass is 10.0. The molecule has 0 bridgehead atoms. The van der Waals surface area contributed by atoms with Crippen LogP contribution in [0.1, 0.15) is 18.9 Å². The van der Waals surface area contributed by atoms with Crippen molar-refractivity contribution in [3.05, 3.63) is 84.6 Å². The summed E-state index contributed by atoms with van der Waals surface area (Å²) >= 11 is 0. The Kier molecular flexibility index (Phi) is 8.47. The van der Waals surface area contributed by atoms with Gasteiger partial charge in [-0.3, -0.25) is 4.79 Å². The van der Waals surface area contributed by atoms with Gasteiger partial charge in [0, 0.05) is 42.8 Å². The zero-order valence-corrected chi connectivity index (χ0v) is 20.8. The molecule has 2 aromatic carbocycles. The molecule has 3 N–H and O–H groups in total. The molecule has 0 fully saturated rings. The van der Waals surface area contributed by atoms with Gasteiger partial charge in [0.05, 0.1) is 12.7 Å². The zero-order chi connectivity index (χ0) is 26.3. The van der Waals surface area contributed by atoms with Gasteiger partial charge in [-0.1, -0.05) is 30.9 Å². The third kappa shape index (κ3) is 6.29. The number of aryl methyl sites for hydroxylation is 1. The van der Waals surface area contributed by atoms with Gasteiger partial charge in [-0.2, -0.15) is 0 Å². The van der Waals surface area contributed by atoms with Crippen LogP contribution in [-0.2, 0) is 4.79 Å². The zero-order valence-electron chi connectivity index (χ0n) is 20.8. The predicted molar refractivity (Wildman–Crippen MR) is 142 cm³/mol. The van der Waals surface area contributed by atoms with Crippen LogP contribution in [0.15, 0.2) is 84.0 Å². The number of anilines is 3. The maximum absolute atomic E-state index is 15.3. The topological polar surface area (TPSA) is 78.0 Å². The number of halogens is 2. The monoisotopic (exact) mass is 495 g/mol. The normalized spacial score (nSPS) is 15.4. The summed E-state index contributed by atoms with van der Waals surface area (Å²) in [5.41, 5.74) is 2.48. The molecule has 3 rings (SSSR count). The summed E-state index contributed by atoms with van der Waals surface area (Å²) in [6.07, 6.45) is 4.02. The third-order valence-electron chi connectivity index (χ3n) is 5.70. The Labute approximate surface area is 210 Å². The second kappa shape index (κ2) is 11.5. The van der Waals surface area contributed by atoms with E-state index < -0.39 is 18.5 Å². The second-order valence-corrected chi connectivity index (χ2v) is 8.23. The molecule has 1 unspecified atom stereocenters. The molecule has 2 aromatic rings. The van der Waals surface area contributed by atoms with Crippen molar-refractivity contribution in [1.82, 2.24) is 5.32 Å². The molecular weight excluding hydrogens is 464 g/mol. The molecule has 0 spiro atoms. The van der Waals surface area contributed by atoms with Crippen LogP contribution >= 0.6 is 0 Å². The summed E-state index contributed by atoms with van der Waals surface area (Å²) in [5.74, 6) is -2.56. The molecule has 0 radical (unpaired) electrons. The van der Waals surface area contributed by atoms with Crippen molar-refractivity contribution < 1.29 is 18.3 Å². The first kappa shape index (κ1) is 26.5. The van der Waals surface area contributed by atoms with Crippen molar-refractivity contribution in [2.75, 3.05) is 29.7 Å². The van der Waals surface area contributed by atoms with E-state index >= 15 is 8.78 Å². The fourth-order valence-electron chi connectivity index (χ4n) is 3.62. The fraction of sp³-hybridized carbons (Fsp3) is 0.259. The van der Waals surface area contributed by atoms with E-state index in [4.69, 9.17) is 4.74 Å². The maximum Gasteiger partial charge on any atom is 0.278 e. The Bertz CT molecular complexity index is 1210. The number of benzene rings is 2. The van der Waals surface area contributed by atoms with Crippen LogP contribution in [0.25, 0.3) is 0 Å². The van der Waals surface area contributed by atoms with Gasteiger partial charge in [-0.05, 0) is 49.8 Å². The van der Waals surface area contributed by atoms with E-state index in [1.807, 2.05) is 25.1 Å². The smallest absolute Gasteiger partial charge is 0.278 e. The molecule has 7 nitrogen and oxygen atoms in total. The fourth-order valence-corrected chi connectivity index (χ4v) is 3.62. The van der Waals surface area contributed by atoms with Crippen molar-refractivity contribution in [3.63, 3.8) is 0 Å². The standard InChI is InChI=1S/C27H31F2N5O2/c1-6-8-14-27(28,29)22-17-30-26(31-19-10-9-11-21(15-19)36-5)33-25(22)34(4)20-13-12-18(3)23(16-20)32-24(35)7-2/h6-13,15-17,25H,2,14H2,1,3-5H3,(H,32,35)(H2,30,31,33)/b8-6+. The molecule has 36 heavy (non-hydrogen) atoms. The summed E-state index contributed by atoms with van der Waals surface area (Å²) in [4.78, 5) is 18.1. The van der Waals surface area contributed by atoms with E-state index in [2.05, 4.69) is 27.5 Å². The first-order valence-electron chi connectivity index (χ1n) is 11.4. The van der Waals surface area contributed by atoms with Gasteiger partial charge in [0.25, 0.3) is 5.92 Å². The summed E-state index contributed by atoms with van der Waals surface area (Å²) in [7, 11) is 3.25. The minimum atomic E-state index is -3.14. The summed E-state index contributed by atoms with van der Waals surface area (Å²) in [6, 6.07) is 12.5. The number of ether oxygens (including phenoxy) is 1. The van der Waals surface area contributed by atoms with E-state index in [1.165, 1.54) is 18.4 Å². The number of nitrogens with zero attached hydrogens (tertiary/aromatic N) is 2. The number of amides is 1. The number of carbonyl (C=O) groups excluding carboxylic acids is 1. The lowest BCUT2D eigenvalue weighted by Gasteiger charge is -2.35. The van der Waals surface area contributed by atoms with Crippen molar-refractivity contribution >= 4 is 28.9 Å². The Hall–Kier alpha value is -4.14. The molecule has 1 aliphatic rings. The molecule has 1 atom stereocenters. The molecule has 0 aliphatic carbocycles. The minimum absolute atomic E-state index is 0.184. The van der Waals surface area contributed by atoms with E-state index in [0.717, 1.165) is 5.56 Å². The highest BCUT2D eigenvalue weighted by Crippen LogP contribution is 2.36. The van der Waals surface area contributed by atoms with Crippen LogP contribution in [0.4, 0.5) is 25.8 Å². The van der Waals surface area contributed by atoms with Crippen molar-refractivity contribution in [1.29, 1.82) is 0 Å². The molecule has 9 heteroatoms. The number of hydrogen-bond acceptors (Lipinski definition) is 6. The van der Waals surface area contributed by atoms with E-state index in [9.17, 15) is 4.79 Å². The molecule has 1 heterocycles. The van der Waals surface area contributed by atoms with Crippen LogP contribution in [0, 0.1) is 6.92 Å². The Morgan fingerprint density at radius 1 is 1.31 bits per heavy atom. The van der Waals surface area contributed by atoms with Gasteiger partial charge in [0.1, 0.15) is 5.75 Å². The van der Waals surface area contributed by atoms with Crippen LogP contribution in [0.5, 0.6) is 5.75 Å². The molecule has 0 aromatic heterocycles. The average molecular weight is 496 g/mol. The lowest BCUT2D eigenvalue weighted by Crippen LogP contribution is -2.45. The van der Waals surface area contributed by atoms with E-state index in [0.29, 0.717) is 28.8 Å². The van der Waals surface area contributed by atoms with Crippen LogP contribution in [-0.4, -0.2) is 38.1 Å². The van der Waals surface area contributed by atoms with E-state index in [-0.39, 0.29) is 11.5 Å². The number of methoxy groups -OCH3 is 1. The summed E-state index contributed by atoms with van der Waals surface area (Å²) in [5, 5.41) is 8.74. The van der Waals surface area contributed by atoms with Gasteiger partial charge >= 0.3 is 0 Å². The number of rotatable bonds is 9. The van der Waals surface area contributed by atoms with Crippen molar-refractivity contribution in [2.24, 2.45) is 4.99 Å². The number of alkyl halides is 2. The van der Waals surface area contributed by atoms with E-state index in [1.54, 1.807) is 56.3 Å². The van der Waals surface area contributed by atoms with Gasteiger partial charge in [0.2, 0.25) is 11.9 Å². The summed E-state index contributed by atoms with van der Waals surface area (Å²) in [6.45, 7) is 7.02. The molecule has 1 amide bonds. The van der Waals surface area contributed by atoms with Gasteiger partial charge in [0.15, 0.2) is 6.17 Å². The molecule has 0 saturated heterocycles. The highest BCUT2D eigenvalue weighted by molar-refractivity contribution is 5.99. The number of allylic oxidation sites excluding steroid dienone is 2. The lowest BCUT2D eigenvalue weighted by molar-refractivity contribution is -0.111. The highest BCUT2D eigenvalue weighted by atomic mass is 19.3. The third-order valence-corrected chi connectivity index (χ3v) is 5.70. The van der Waals surface area contributed by atoms with Crippen molar-refractivity contribution in [2.45, 2.75) is 32.4 Å². The number of likely N-dealkylation sites (N-methyl/N-ethyl adjacent to an activating group) is 1. The van der Waals surface area contributed by atoms with Crippen LogP contribution < -0.4 is 25.6 Å². The minimum Gasteiger partial charge on any atom is -0.497 e. The first-order valence-corrected chi connectivity index (χ1v) is 11.4. The predicted octanol–water partition coefficient (Wildman–Crippen LogP) is 5.45. The number of hydrogen-bond donors (Lipinski definition) is 3. The Balaban J connectivity index is 1.98. The summed E-state index contributed by atoms with van der Waals surface area (Å²) < 4.78 is 35.8. The molecule has 190 valence electrons. The highest BCUT2D eigenvalue weighted by Gasteiger charge is 2.41. The number of nitrogens with one attached hydrogen (secondary N) is 3. The number of guanidine groups is 1. The van der Waals surface area contributed by atoms with Crippen LogP contribution in [0.3, 0.4) is 0 Å². The Morgan fingerprint density at radius 3 is 2.78 bits per heavy atom. The largest absolute Gasteiger partial charge is 0.497 e. The maximum atomic E-state index is 15.3. The first-order chi connectivity index (χ1) is 17.2.